The van der Waals surface area contributed by atoms with Gasteiger partial charge in [-0.3, -0.25) is 4.79 Å². The first-order valence-corrected chi connectivity index (χ1v) is 15.1. The summed E-state index contributed by atoms with van der Waals surface area (Å²) in [6, 6.07) is 42.2. The first kappa shape index (κ1) is 27.7. The van der Waals surface area contributed by atoms with Crippen molar-refractivity contribution < 1.29 is 4.79 Å². The third-order valence-corrected chi connectivity index (χ3v) is 9.56. The van der Waals surface area contributed by atoms with Gasteiger partial charge < -0.3 is 0 Å². The van der Waals surface area contributed by atoms with Crippen LogP contribution in [0.4, 0.5) is 0 Å². The second-order valence-corrected chi connectivity index (χ2v) is 11.9. The summed E-state index contributed by atoms with van der Waals surface area (Å²) < 4.78 is 0. The van der Waals surface area contributed by atoms with Gasteiger partial charge in [-0.2, -0.15) is 0 Å². The molecule has 2 aliphatic carbocycles. The Morgan fingerprint density at radius 2 is 0.857 bits per heavy atom. The highest BCUT2D eigenvalue weighted by atomic mass is 16.1. The predicted octanol–water partition coefficient (Wildman–Crippen LogP) is 9.59. The molecule has 4 unspecified atom stereocenters. The first-order valence-electron chi connectivity index (χ1n) is 15.1. The van der Waals surface area contributed by atoms with E-state index in [1.54, 1.807) is 0 Å². The van der Waals surface area contributed by atoms with Gasteiger partial charge in [0.05, 0.1) is 10.8 Å². The van der Waals surface area contributed by atoms with Crippen LogP contribution in [-0.2, 0) is 17.6 Å². The molecule has 0 fully saturated rings. The van der Waals surface area contributed by atoms with Gasteiger partial charge in [0.2, 0.25) is 0 Å². The van der Waals surface area contributed by atoms with E-state index in [1.165, 1.54) is 33.4 Å². The van der Waals surface area contributed by atoms with Crippen LogP contribution in [0.25, 0.3) is 11.1 Å². The molecule has 0 N–H and O–H groups in total. The van der Waals surface area contributed by atoms with Crippen LogP contribution in [-0.4, -0.2) is 5.78 Å². The lowest BCUT2D eigenvalue weighted by Gasteiger charge is -2.48. The van der Waals surface area contributed by atoms with E-state index in [9.17, 15) is 0 Å². The van der Waals surface area contributed by atoms with E-state index < -0.39 is 10.8 Å². The molecule has 0 saturated heterocycles. The van der Waals surface area contributed by atoms with E-state index in [0.717, 1.165) is 0 Å². The van der Waals surface area contributed by atoms with Crippen molar-refractivity contribution in [3.63, 3.8) is 0 Å². The average molecular weight is 547 g/mol. The van der Waals surface area contributed by atoms with E-state index >= 15 is 4.79 Å². The van der Waals surface area contributed by atoms with Gasteiger partial charge in [0, 0.05) is 0 Å². The Kier molecular flexibility index (Phi) is 7.76. The van der Waals surface area contributed by atoms with Crippen LogP contribution >= 0.6 is 0 Å². The SMILES string of the molecule is CC1C(c2ccccc2)=CC=CC1(Cc1ccccc1)C(=O)C1(Cc2ccccc2)C=CC=C(c2ccccc2)C1C. The number of hydrogen-bond acceptors (Lipinski definition) is 1. The molecule has 42 heavy (non-hydrogen) atoms. The molecule has 0 bridgehead atoms. The molecule has 4 aromatic rings. The minimum atomic E-state index is -0.728. The highest BCUT2D eigenvalue weighted by Crippen LogP contribution is 2.54. The van der Waals surface area contributed by atoms with Gasteiger partial charge in [0.25, 0.3) is 0 Å². The number of ketones is 1. The van der Waals surface area contributed by atoms with Crippen molar-refractivity contribution in [1.82, 2.24) is 0 Å². The summed E-state index contributed by atoms with van der Waals surface area (Å²) >= 11 is 0. The predicted molar refractivity (Wildman–Crippen MR) is 176 cm³/mol. The van der Waals surface area contributed by atoms with Gasteiger partial charge in [0.15, 0.2) is 5.78 Å². The molecule has 0 aromatic heterocycles. The van der Waals surface area contributed by atoms with Crippen molar-refractivity contribution in [1.29, 1.82) is 0 Å². The molecule has 0 amide bonds. The molecule has 1 heteroatoms. The fourth-order valence-corrected chi connectivity index (χ4v) is 7.16. The van der Waals surface area contributed by atoms with Crippen LogP contribution in [0.15, 0.2) is 158 Å². The van der Waals surface area contributed by atoms with Gasteiger partial charge in [-0.15, -0.1) is 0 Å². The lowest BCUT2D eigenvalue weighted by molar-refractivity contribution is -0.137. The number of rotatable bonds is 8. The minimum absolute atomic E-state index is 0.0167. The van der Waals surface area contributed by atoms with Crippen LogP contribution in [0.5, 0.6) is 0 Å². The van der Waals surface area contributed by atoms with Gasteiger partial charge in [-0.25, -0.2) is 0 Å². The Hall–Kier alpha value is -4.49. The molecule has 0 aliphatic heterocycles. The van der Waals surface area contributed by atoms with Crippen LogP contribution < -0.4 is 0 Å². The molecule has 0 heterocycles. The summed E-state index contributed by atoms with van der Waals surface area (Å²) in [5.41, 5.74) is 5.67. The lowest BCUT2D eigenvalue weighted by Crippen LogP contribution is -2.52. The van der Waals surface area contributed by atoms with Crippen molar-refractivity contribution >= 4 is 16.9 Å². The summed E-state index contributed by atoms with van der Waals surface area (Å²) in [7, 11) is 0. The average Bonchev–Trinajstić information content (AvgIpc) is 3.04. The molecular weight excluding hydrogens is 508 g/mol. The van der Waals surface area contributed by atoms with Gasteiger partial charge in [0.1, 0.15) is 0 Å². The summed E-state index contributed by atoms with van der Waals surface area (Å²) in [5.74, 6) is 0.257. The fourth-order valence-electron chi connectivity index (χ4n) is 7.16. The number of Topliss-reactive ketones (excluding diaryl/α,β-unsaturated/α-hetero) is 1. The van der Waals surface area contributed by atoms with Crippen molar-refractivity contribution in [3.05, 3.63) is 180 Å². The van der Waals surface area contributed by atoms with E-state index in [-0.39, 0.29) is 11.8 Å². The van der Waals surface area contributed by atoms with Crippen molar-refractivity contribution in [2.45, 2.75) is 26.7 Å². The third-order valence-electron chi connectivity index (χ3n) is 9.56. The zero-order valence-electron chi connectivity index (χ0n) is 24.5. The summed E-state index contributed by atoms with van der Waals surface area (Å²) in [6.45, 7) is 4.51. The summed E-state index contributed by atoms with van der Waals surface area (Å²) in [4.78, 5) is 15.8. The maximum atomic E-state index is 15.8. The Labute approximate surface area is 250 Å². The van der Waals surface area contributed by atoms with Crippen molar-refractivity contribution in [3.8, 4) is 0 Å². The maximum Gasteiger partial charge on any atom is 0.154 e. The van der Waals surface area contributed by atoms with E-state index in [4.69, 9.17) is 0 Å². The highest BCUT2D eigenvalue weighted by molar-refractivity contribution is 5.99. The van der Waals surface area contributed by atoms with Crippen LogP contribution in [0.1, 0.15) is 36.1 Å². The quantitative estimate of drug-likeness (QED) is 0.215. The molecule has 0 saturated carbocycles. The number of carbonyl (C=O) groups excluding carboxylic acids is 1. The zero-order chi connectivity index (χ0) is 29.0. The molecule has 1 nitrogen and oxygen atoms in total. The summed E-state index contributed by atoms with van der Waals surface area (Å²) in [5, 5.41) is 0. The molecular formula is C41H38O. The largest absolute Gasteiger partial charge is 0.298 e. The van der Waals surface area contributed by atoms with E-state index in [1.807, 2.05) is 12.1 Å². The molecule has 0 spiro atoms. The Balaban J connectivity index is 1.52. The second-order valence-electron chi connectivity index (χ2n) is 11.9. The standard InChI is InChI=1S/C41H38O/c1-31-37(35-21-11-5-12-22-35)25-15-27-40(31,29-33-17-7-3-8-18-33)39(42)41(30-34-19-9-4-10-20-34)28-16-26-38(32(41)2)36-23-13-6-14-24-36/h3-28,31-32H,29-30H2,1-2H3. The monoisotopic (exact) mass is 546 g/mol. The van der Waals surface area contributed by atoms with Crippen molar-refractivity contribution in [2.75, 3.05) is 0 Å². The van der Waals surface area contributed by atoms with Crippen LogP contribution in [0, 0.1) is 22.7 Å². The summed E-state index contributed by atoms with van der Waals surface area (Å²) in [6.07, 6.45) is 14.4. The second kappa shape index (κ2) is 11.8. The van der Waals surface area contributed by atoms with Crippen molar-refractivity contribution in [2.24, 2.45) is 22.7 Å². The number of hydrogen-bond donors (Lipinski definition) is 0. The van der Waals surface area contributed by atoms with E-state index in [2.05, 4.69) is 159 Å². The maximum absolute atomic E-state index is 15.8. The fraction of sp³-hybridized carbons (Fsp3) is 0.195. The molecule has 0 radical (unpaired) electrons. The minimum Gasteiger partial charge on any atom is -0.298 e. The Morgan fingerprint density at radius 3 is 1.21 bits per heavy atom. The van der Waals surface area contributed by atoms with E-state index in [0.29, 0.717) is 18.6 Å². The van der Waals surface area contributed by atoms with Gasteiger partial charge in [-0.05, 0) is 58.1 Å². The van der Waals surface area contributed by atoms with Gasteiger partial charge >= 0.3 is 0 Å². The number of carbonyl (C=O) groups is 1. The zero-order valence-corrected chi connectivity index (χ0v) is 24.5. The lowest BCUT2D eigenvalue weighted by atomic mass is 9.52. The Bertz CT molecular complexity index is 1520. The number of allylic oxidation sites excluding steroid dienone is 8. The molecule has 4 aromatic carbocycles. The highest BCUT2D eigenvalue weighted by Gasteiger charge is 2.55. The van der Waals surface area contributed by atoms with Crippen LogP contribution in [0.3, 0.4) is 0 Å². The molecule has 2 aliphatic rings. The normalized spacial score (nSPS) is 25.0. The molecule has 6 rings (SSSR count). The first-order chi connectivity index (χ1) is 20.5. The third kappa shape index (κ3) is 5.05. The molecule has 4 atom stereocenters. The van der Waals surface area contributed by atoms with Crippen LogP contribution in [0.2, 0.25) is 0 Å². The Morgan fingerprint density at radius 1 is 0.524 bits per heavy atom. The topological polar surface area (TPSA) is 17.1 Å². The smallest absolute Gasteiger partial charge is 0.154 e. The molecule has 208 valence electrons. The van der Waals surface area contributed by atoms with Gasteiger partial charge in [-0.1, -0.05) is 172 Å². The number of benzene rings is 4.